The molecule has 0 radical (unpaired) electrons. The molecule has 43 heavy (non-hydrogen) atoms. The Bertz CT molecular complexity index is 1760. The number of nitrogens with zero attached hydrogens (tertiary/aromatic N) is 3. The van der Waals surface area contributed by atoms with Gasteiger partial charge < -0.3 is 0 Å². The Morgan fingerprint density at radius 3 is 1.70 bits per heavy atom. The molecule has 1 aliphatic heterocycles. The molecule has 0 N–H and O–H groups in total. The van der Waals surface area contributed by atoms with E-state index < -0.39 is 64.3 Å². The highest BCUT2D eigenvalue weighted by Crippen LogP contribution is 2.61. The minimum Gasteiger partial charge on any atom is -0.292 e. The van der Waals surface area contributed by atoms with Crippen LogP contribution in [-0.4, -0.2) is 45.0 Å². The highest BCUT2D eigenvalue weighted by molar-refractivity contribution is 9.10. The smallest absolute Gasteiger partial charge is 0.282 e. The van der Waals surface area contributed by atoms with Gasteiger partial charge in [0.15, 0.2) is 5.78 Å². The molecule has 1 fully saturated rings. The molecule has 1 saturated heterocycles. The minimum atomic E-state index is -0.986. The van der Waals surface area contributed by atoms with Gasteiger partial charge in [0.05, 0.1) is 16.8 Å². The lowest BCUT2D eigenvalue weighted by Crippen LogP contribution is -2.52. The number of nitro benzene ring substituents is 1. The summed E-state index contributed by atoms with van der Waals surface area (Å²) in [6, 6.07) is 27.2. The number of carbonyl (C=O) groups excluding carboxylic acids is 4. The first kappa shape index (κ1) is 26.9. The van der Waals surface area contributed by atoms with Crippen molar-refractivity contribution in [3.8, 4) is 0 Å². The van der Waals surface area contributed by atoms with E-state index in [2.05, 4.69) is 15.9 Å². The van der Waals surface area contributed by atoms with Crippen LogP contribution in [0.15, 0.2) is 102 Å². The molecule has 0 spiro atoms. The number of halogens is 1. The fraction of sp³-hybridized carbons (Fsp3) is 0.152. The van der Waals surface area contributed by atoms with Crippen LogP contribution in [-0.2, 0) is 9.59 Å². The molecule has 9 nitrogen and oxygen atoms in total. The summed E-state index contributed by atoms with van der Waals surface area (Å²) in [6.07, 6.45) is 0. The normalized spacial score (nSPS) is 21.2. The molecule has 212 valence electrons. The lowest BCUT2D eigenvalue weighted by atomic mass is 9.55. The highest BCUT2D eigenvalue weighted by Gasteiger charge is 2.63. The number of benzene rings is 4. The van der Waals surface area contributed by atoms with Crippen LogP contribution in [0.1, 0.15) is 54.8 Å². The summed E-state index contributed by atoms with van der Waals surface area (Å²) in [5.74, 6) is -5.18. The number of rotatable bonds is 6. The lowest BCUT2D eigenvalue weighted by molar-refractivity contribution is -0.385. The van der Waals surface area contributed by atoms with Crippen molar-refractivity contribution in [3.05, 3.63) is 145 Å². The predicted octanol–water partition coefficient (Wildman–Crippen LogP) is 5.49. The maximum absolute atomic E-state index is 14.4. The van der Waals surface area contributed by atoms with Crippen molar-refractivity contribution < 1.29 is 24.1 Å². The maximum atomic E-state index is 14.4. The van der Waals surface area contributed by atoms with E-state index in [9.17, 15) is 29.3 Å². The van der Waals surface area contributed by atoms with E-state index >= 15 is 0 Å². The standard InChI is InChI=1S/C33H22BrN3O6/c34-19-15-13-18(14-16-19)26(38)17-35(31(39)24-11-5-6-12-25(24)37(42)43)36-32(40)29-27-20-7-1-2-8-21(20)28(30(29)33(36)41)23-10-4-3-9-22(23)27/h1-16,27-30H,17H2/t27?,28?,29-,30+. The summed E-state index contributed by atoms with van der Waals surface area (Å²) in [4.78, 5) is 67.5. The summed E-state index contributed by atoms with van der Waals surface area (Å²) in [7, 11) is 0. The number of carbonyl (C=O) groups is 4. The molecule has 3 amide bonds. The molecule has 1 heterocycles. The van der Waals surface area contributed by atoms with Crippen molar-refractivity contribution in [2.45, 2.75) is 11.8 Å². The third kappa shape index (κ3) is 4.04. The number of imide groups is 1. The fourth-order valence-corrected chi connectivity index (χ4v) is 7.21. The second-order valence-corrected chi connectivity index (χ2v) is 11.7. The number of hydrogen-bond donors (Lipinski definition) is 0. The maximum Gasteiger partial charge on any atom is 0.282 e. The van der Waals surface area contributed by atoms with E-state index in [1.165, 1.54) is 24.3 Å². The van der Waals surface area contributed by atoms with Crippen LogP contribution >= 0.6 is 15.9 Å². The van der Waals surface area contributed by atoms with Crippen LogP contribution in [0.4, 0.5) is 5.69 Å². The predicted molar refractivity (Wildman–Crippen MR) is 158 cm³/mol. The highest BCUT2D eigenvalue weighted by atomic mass is 79.9. The van der Waals surface area contributed by atoms with E-state index in [4.69, 9.17) is 0 Å². The molecule has 4 aromatic carbocycles. The Morgan fingerprint density at radius 1 is 0.744 bits per heavy atom. The van der Waals surface area contributed by atoms with Crippen molar-refractivity contribution in [2.24, 2.45) is 11.8 Å². The third-order valence-electron chi connectivity index (χ3n) is 8.69. The zero-order valence-electron chi connectivity index (χ0n) is 22.4. The summed E-state index contributed by atoms with van der Waals surface area (Å²) in [5, 5.41) is 13.4. The third-order valence-corrected chi connectivity index (χ3v) is 9.22. The summed E-state index contributed by atoms with van der Waals surface area (Å²) >= 11 is 3.33. The largest absolute Gasteiger partial charge is 0.292 e. The molecule has 4 aromatic rings. The summed E-state index contributed by atoms with van der Waals surface area (Å²) in [5.41, 5.74) is 3.25. The number of para-hydroxylation sites is 1. The first-order valence-corrected chi connectivity index (χ1v) is 14.5. The van der Waals surface area contributed by atoms with Gasteiger partial charge in [-0.15, -0.1) is 0 Å². The van der Waals surface area contributed by atoms with Gasteiger partial charge in [-0.1, -0.05) is 88.7 Å². The van der Waals surface area contributed by atoms with E-state index in [1.807, 2.05) is 48.5 Å². The average molecular weight is 636 g/mol. The number of hydrazine groups is 1. The van der Waals surface area contributed by atoms with Crippen LogP contribution < -0.4 is 0 Å². The first-order valence-electron chi connectivity index (χ1n) is 13.7. The van der Waals surface area contributed by atoms with Gasteiger partial charge in [-0.25, -0.2) is 5.01 Å². The molecule has 2 bridgehead atoms. The van der Waals surface area contributed by atoms with Crippen molar-refractivity contribution in [2.75, 3.05) is 6.54 Å². The zero-order chi connectivity index (χ0) is 30.0. The molecule has 0 saturated carbocycles. The van der Waals surface area contributed by atoms with Crippen LogP contribution in [0.25, 0.3) is 0 Å². The van der Waals surface area contributed by atoms with Gasteiger partial charge >= 0.3 is 0 Å². The van der Waals surface area contributed by atoms with E-state index in [1.54, 1.807) is 24.3 Å². The molecule has 4 aliphatic rings. The van der Waals surface area contributed by atoms with Gasteiger partial charge in [0, 0.05) is 27.9 Å². The SMILES string of the molecule is O=C(CN(C(=O)c1ccccc1[N+](=O)[O-])N1C(=O)[C@@H]2C3c4ccccc4C(c4ccccc43)[C@@H]2C1=O)c1ccc(Br)cc1. The number of ketones is 1. The van der Waals surface area contributed by atoms with Gasteiger partial charge in [-0.05, 0) is 40.5 Å². The van der Waals surface area contributed by atoms with Crippen molar-refractivity contribution in [1.82, 2.24) is 10.0 Å². The van der Waals surface area contributed by atoms with Gasteiger partial charge in [-0.3, -0.25) is 29.3 Å². The van der Waals surface area contributed by atoms with E-state index in [-0.39, 0.29) is 11.1 Å². The zero-order valence-corrected chi connectivity index (χ0v) is 24.0. The summed E-state index contributed by atoms with van der Waals surface area (Å²) < 4.78 is 0.737. The number of nitro groups is 1. The average Bonchev–Trinajstić information content (AvgIpc) is 3.29. The molecule has 10 heteroatoms. The number of amides is 3. The van der Waals surface area contributed by atoms with Gasteiger partial charge in [-0.2, -0.15) is 5.01 Å². The van der Waals surface area contributed by atoms with Crippen LogP contribution in [0, 0.1) is 22.0 Å². The quantitative estimate of drug-likeness (QED) is 0.120. The van der Waals surface area contributed by atoms with Gasteiger partial charge in [0.1, 0.15) is 12.1 Å². The van der Waals surface area contributed by atoms with Crippen molar-refractivity contribution in [1.29, 1.82) is 0 Å². The second-order valence-electron chi connectivity index (χ2n) is 10.8. The summed E-state index contributed by atoms with van der Waals surface area (Å²) in [6.45, 7) is -0.668. The lowest BCUT2D eigenvalue weighted by Gasteiger charge is -2.45. The van der Waals surface area contributed by atoms with Crippen LogP contribution in [0.2, 0.25) is 0 Å². The second kappa shape index (κ2) is 10.1. The molecular weight excluding hydrogens is 614 g/mol. The van der Waals surface area contributed by atoms with Crippen LogP contribution in [0.5, 0.6) is 0 Å². The fourth-order valence-electron chi connectivity index (χ4n) is 6.95. The molecule has 3 aliphatic carbocycles. The minimum absolute atomic E-state index is 0.250. The molecular formula is C33H22BrN3O6. The molecule has 0 aromatic heterocycles. The Labute approximate surface area is 254 Å². The van der Waals surface area contributed by atoms with Crippen molar-refractivity contribution in [3.63, 3.8) is 0 Å². The Morgan fingerprint density at radius 2 is 1.21 bits per heavy atom. The Hall–Kier alpha value is -4.96. The van der Waals surface area contributed by atoms with Gasteiger partial charge in [0.2, 0.25) is 0 Å². The Kier molecular flexibility index (Phi) is 6.32. The molecule has 0 unspecified atom stereocenters. The molecule has 2 atom stereocenters. The number of hydrogen-bond acceptors (Lipinski definition) is 6. The number of Topliss-reactive ketones (excluding diaryl/α,β-unsaturated/α-hetero) is 1. The van der Waals surface area contributed by atoms with Gasteiger partial charge in [0.25, 0.3) is 23.4 Å². The van der Waals surface area contributed by atoms with E-state index in [0.29, 0.717) is 0 Å². The molecule has 8 rings (SSSR count). The van der Waals surface area contributed by atoms with E-state index in [0.717, 1.165) is 36.7 Å². The topological polar surface area (TPSA) is 118 Å². The van der Waals surface area contributed by atoms with Crippen molar-refractivity contribution >= 4 is 45.1 Å². The Balaban J connectivity index is 1.35. The first-order chi connectivity index (χ1) is 20.8. The monoisotopic (exact) mass is 635 g/mol. The van der Waals surface area contributed by atoms with Crippen LogP contribution in [0.3, 0.4) is 0 Å².